The third-order valence-corrected chi connectivity index (χ3v) is 7.18. The van der Waals surface area contributed by atoms with Gasteiger partial charge in [0.1, 0.15) is 6.04 Å². The zero-order valence-corrected chi connectivity index (χ0v) is 22.3. The minimum atomic E-state index is -0.600. The van der Waals surface area contributed by atoms with Crippen LogP contribution in [0, 0.1) is 0 Å². The Kier molecular flexibility index (Phi) is 10.0. The summed E-state index contributed by atoms with van der Waals surface area (Å²) in [5.41, 5.74) is 3.14. The van der Waals surface area contributed by atoms with Gasteiger partial charge in [-0.1, -0.05) is 86.5 Å². The summed E-state index contributed by atoms with van der Waals surface area (Å²) in [5, 5.41) is 2.75. The molecule has 3 aromatic rings. The first-order chi connectivity index (χ1) is 16.0. The average Bonchev–Trinajstić information content (AvgIpc) is 2.82. The van der Waals surface area contributed by atoms with E-state index in [1.807, 2.05) is 78.9 Å². The first kappa shape index (κ1) is 25.5. The number of thioether (sulfide) groups is 1. The number of nitrogens with one attached hydrogen (secondary N) is 1. The predicted octanol–water partition coefficient (Wildman–Crippen LogP) is 5.83. The lowest BCUT2D eigenvalue weighted by Crippen LogP contribution is -2.50. The molecule has 0 aliphatic carbocycles. The van der Waals surface area contributed by atoms with E-state index in [9.17, 15) is 9.59 Å². The van der Waals surface area contributed by atoms with Gasteiger partial charge in [-0.05, 0) is 41.0 Å². The Labute approximate surface area is 216 Å². The molecule has 3 aromatic carbocycles. The molecule has 7 heteroatoms. The molecule has 0 saturated heterocycles. The minimum absolute atomic E-state index is 0.0541. The Morgan fingerprint density at radius 3 is 2.24 bits per heavy atom. The average molecular weight is 590 g/mol. The van der Waals surface area contributed by atoms with E-state index in [4.69, 9.17) is 0 Å². The van der Waals surface area contributed by atoms with E-state index in [0.717, 1.165) is 31.4 Å². The molecule has 0 aromatic heterocycles. The molecule has 0 fully saturated rings. The van der Waals surface area contributed by atoms with Gasteiger partial charge in [-0.25, -0.2) is 0 Å². The van der Waals surface area contributed by atoms with Gasteiger partial charge in [-0.15, -0.1) is 11.8 Å². The molecule has 0 bridgehead atoms. The summed E-state index contributed by atoms with van der Waals surface area (Å²) in [7, 11) is 1.62. The molecule has 172 valence electrons. The van der Waals surface area contributed by atoms with Crippen molar-refractivity contribution < 1.29 is 9.59 Å². The summed E-state index contributed by atoms with van der Waals surface area (Å²) in [4.78, 5) is 28.1. The van der Waals surface area contributed by atoms with E-state index in [1.54, 1.807) is 23.7 Å². The van der Waals surface area contributed by atoms with Crippen LogP contribution in [0.4, 0.5) is 0 Å². The first-order valence-electron chi connectivity index (χ1n) is 10.6. The number of rotatable bonds is 10. The highest BCUT2D eigenvalue weighted by atomic mass is 79.9. The molecular formula is C26H26Br2N2O2S. The third-order valence-electron chi connectivity index (χ3n) is 5.17. The van der Waals surface area contributed by atoms with Crippen molar-refractivity contribution in [3.63, 3.8) is 0 Å². The maximum atomic E-state index is 13.4. The maximum absolute atomic E-state index is 13.4. The maximum Gasteiger partial charge on any atom is 0.242 e. The second kappa shape index (κ2) is 13.0. The monoisotopic (exact) mass is 588 g/mol. The van der Waals surface area contributed by atoms with Crippen LogP contribution in [0.5, 0.6) is 0 Å². The minimum Gasteiger partial charge on any atom is -0.357 e. The second-order valence-electron chi connectivity index (χ2n) is 7.59. The van der Waals surface area contributed by atoms with Crippen LogP contribution in [0.3, 0.4) is 0 Å². The van der Waals surface area contributed by atoms with Crippen LogP contribution < -0.4 is 5.32 Å². The summed E-state index contributed by atoms with van der Waals surface area (Å²) >= 11 is 8.51. The van der Waals surface area contributed by atoms with Gasteiger partial charge < -0.3 is 10.2 Å². The van der Waals surface area contributed by atoms with Gasteiger partial charge in [0.15, 0.2) is 0 Å². The molecule has 0 radical (unpaired) electrons. The van der Waals surface area contributed by atoms with Crippen molar-refractivity contribution >= 4 is 55.4 Å². The lowest BCUT2D eigenvalue weighted by atomic mass is 10.0. The van der Waals surface area contributed by atoms with E-state index < -0.39 is 6.04 Å². The van der Waals surface area contributed by atoms with Crippen molar-refractivity contribution in [3.05, 3.63) is 104 Å². The number of nitrogens with zero attached hydrogens (tertiary/aromatic N) is 1. The van der Waals surface area contributed by atoms with Gasteiger partial charge >= 0.3 is 0 Å². The summed E-state index contributed by atoms with van der Waals surface area (Å²) in [6.07, 6.45) is 0.456. The van der Waals surface area contributed by atoms with Gasteiger partial charge in [-0.3, -0.25) is 9.59 Å². The van der Waals surface area contributed by atoms with Gasteiger partial charge in [-0.2, -0.15) is 0 Å². The lowest BCUT2D eigenvalue weighted by molar-refractivity contribution is -0.139. The van der Waals surface area contributed by atoms with E-state index in [2.05, 4.69) is 37.2 Å². The van der Waals surface area contributed by atoms with Crippen molar-refractivity contribution in [3.8, 4) is 0 Å². The Morgan fingerprint density at radius 2 is 1.58 bits per heavy atom. The summed E-state index contributed by atoms with van der Waals surface area (Å²) < 4.78 is 1.97. The molecule has 1 atom stereocenters. The number of benzene rings is 3. The highest BCUT2D eigenvalue weighted by Crippen LogP contribution is 2.21. The van der Waals surface area contributed by atoms with E-state index in [0.29, 0.717) is 18.7 Å². The number of likely N-dealkylation sites (N-methyl/N-ethyl adjacent to an activating group) is 1. The second-order valence-corrected chi connectivity index (χ2v) is 10.4. The van der Waals surface area contributed by atoms with Crippen molar-refractivity contribution in [1.82, 2.24) is 10.2 Å². The van der Waals surface area contributed by atoms with Crippen molar-refractivity contribution in [2.75, 3.05) is 12.8 Å². The molecule has 0 saturated carbocycles. The van der Waals surface area contributed by atoms with Gasteiger partial charge in [0.25, 0.3) is 0 Å². The fourth-order valence-electron chi connectivity index (χ4n) is 3.47. The third kappa shape index (κ3) is 8.02. The fraction of sp³-hybridized carbons (Fsp3) is 0.231. The summed E-state index contributed by atoms with van der Waals surface area (Å²) in [6.45, 7) is 0.363. The molecule has 1 N–H and O–H groups in total. The summed E-state index contributed by atoms with van der Waals surface area (Å²) in [5.74, 6) is 0.807. The Bertz CT molecular complexity index is 1060. The largest absolute Gasteiger partial charge is 0.357 e. The van der Waals surface area contributed by atoms with Crippen molar-refractivity contribution in [2.24, 2.45) is 0 Å². The first-order valence-corrected chi connectivity index (χ1v) is 13.3. The number of amides is 2. The number of hydrogen-bond acceptors (Lipinski definition) is 3. The van der Waals surface area contributed by atoms with Gasteiger partial charge in [0.05, 0.1) is 5.75 Å². The molecule has 33 heavy (non-hydrogen) atoms. The van der Waals surface area contributed by atoms with Crippen LogP contribution in [0.15, 0.2) is 87.8 Å². The van der Waals surface area contributed by atoms with Gasteiger partial charge in [0, 0.05) is 34.7 Å². The molecule has 2 amide bonds. The number of hydrogen-bond donors (Lipinski definition) is 1. The van der Waals surface area contributed by atoms with E-state index >= 15 is 0 Å². The fourth-order valence-corrected chi connectivity index (χ4v) is 5.05. The van der Waals surface area contributed by atoms with E-state index in [1.165, 1.54) is 0 Å². The zero-order valence-electron chi connectivity index (χ0n) is 18.3. The highest BCUT2D eigenvalue weighted by molar-refractivity contribution is 9.10. The van der Waals surface area contributed by atoms with Crippen LogP contribution in [0.25, 0.3) is 0 Å². The zero-order chi connectivity index (χ0) is 23.6. The van der Waals surface area contributed by atoms with Crippen LogP contribution >= 0.6 is 43.6 Å². The molecule has 0 heterocycles. The molecular weight excluding hydrogens is 564 g/mol. The smallest absolute Gasteiger partial charge is 0.242 e. The normalized spacial score (nSPS) is 11.6. The number of carbonyl (C=O) groups excluding carboxylic acids is 2. The molecule has 0 aliphatic rings. The van der Waals surface area contributed by atoms with Crippen LogP contribution in [0.1, 0.15) is 16.7 Å². The lowest BCUT2D eigenvalue weighted by Gasteiger charge is -2.31. The molecule has 3 rings (SSSR count). The summed E-state index contributed by atoms with van der Waals surface area (Å²) in [6, 6.07) is 25.2. The van der Waals surface area contributed by atoms with E-state index in [-0.39, 0.29) is 11.8 Å². The van der Waals surface area contributed by atoms with Crippen LogP contribution in [-0.2, 0) is 28.3 Å². The Hall–Kier alpha value is -2.09. The predicted molar refractivity (Wildman–Crippen MR) is 143 cm³/mol. The highest BCUT2D eigenvalue weighted by Gasteiger charge is 2.29. The number of halogens is 2. The molecule has 0 spiro atoms. The Morgan fingerprint density at radius 1 is 0.879 bits per heavy atom. The van der Waals surface area contributed by atoms with Crippen molar-refractivity contribution in [2.45, 2.75) is 24.8 Å². The standard InChI is InChI=1S/C26H26Br2N2O2S/c1-29-26(32)24(15-19-6-3-2-4-7-19)30(16-21-8-5-9-23(28)14-21)25(31)18-33-17-20-10-12-22(27)13-11-20/h2-14,24H,15-18H2,1H3,(H,29,32)/t24-/m0/s1. The van der Waals surface area contributed by atoms with Crippen LogP contribution in [0.2, 0.25) is 0 Å². The SMILES string of the molecule is CNC(=O)[C@H](Cc1ccccc1)N(Cc1cccc(Br)c1)C(=O)CSCc1ccc(Br)cc1. The quantitative estimate of drug-likeness (QED) is 0.324. The molecule has 0 aliphatic heterocycles. The van der Waals surface area contributed by atoms with Crippen LogP contribution in [-0.4, -0.2) is 35.6 Å². The number of carbonyl (C=O) groups is 2. The topological polar surface area (TPSA) is 49.4 Å². The molecule has 4 nitrogen and oxygen atoms in total. The Balaban J connectivity index is 1.80. The molecule has 0 unspecified atom stereocenters. The van der Waals surface area contributed by atoms with Crippen molar-refractivity contribution in [1.29, 1.82) is 0 Å². The van der Waals surface area contributed by atoms with Gasteiger partial charge in [0.2, 0.25) is 11.8 Å².